The molecule has 0 heterocycles. The summed E-state index contributed by atoms with van der Waals surface area (Å²) in [7, 11) is 1.62. The smallest absolute Gasteiger partial charge is 0.163 e. The van der Waals surface area contributed by atoms with Gasteiger partial charge in [-0.05, 0) is 61.2 Å². The molecule has 0 unspecified atom stereocenters. The molecule has 21 heavy (non-hydrogen) atoms. The van der Waals surface area contributed by atoms with E-state index in [-0.39, 0.29) is 11.6 Å². The Morgan fingerprint density at radius 1 is 1.10 bits per heavy atom. The molecule has 0 aliphatic carbocycles. The summed E-state index contributed by atoms with van der Waals surface area (Å²) < 4.78 is 18.4. The van der Waals surface area contributed by atoms with Crippen LogP contribution in [-0.4, -0.2) is 12.9 Å². The Hall–Kier alpha value is -2.16. The topological polar surface area (TPSA) is 26.3 Å². The van der Waals surface area contributed by atoms with Crippen LogP contribution in [0.1, 0.15) is 33.5 Å². The third-order valence-corrected chi connectivity index (χ3v) is 3.58. The molecule has 0 aromatic heterocycles. The number of ether oxygens (including phenoxy) is 1. The average Bonchev–Trinajstić information content (AvgIpc) is 2.44. The summed E-state index contributed by atoms with van der Waals surface area (Å²) in [6, 6.07) is 10.5. The van der Waals surface area contributed by atoms with Gasteiger partial charge in [0.2, 0.25) is 0 Å². The van der Waals surface area contributed by atoms with Crippen molar-refractivity contribution in [2.75, 3.05) is 7.11 Å². The summed E-state index contributed by atoms with van der Waals surface area (Å²) in [6.45, 7) is 3.55. The van der Waals surface area contributed by atoms with Crippen LogP contribution < -0.4 is 4.74 Å². The van der Waals surface area contributed by atoms with Crippen molar-refractivity contribution in [2.24, 2.45) is 0 Å². The number of hydrogen-bond acceptors (Lipinski definition) is 2. The second-order valence-electron chi connectivity index (χ2n) is 5.19. The standard InChI is InChI=1S/C18H19FO2/c1-12-10-15(19)11-13(2)18(12)17(20)9-6-14-4-7-16(21-3)8-5-14/h4-5,7-8,10-11H,6,9H2,1-3H3. The zero-order chi connectivity index (χ0) is 15.4. The zero-order valence-corrected chi connectivity index (χ0v) is 12.6. The molecule has 3 heteroatoms. The molecule has 2 aromatic carbocycles. The van der Waals surface area contributed by atoms with Crippen LogP contribution in [0.5, 0.6) is 5.75 Å². The molecule has 0 radical (unpaired) electrons. The lowest BCUT2D eigenvalue weighted by Crippen LogP contribution is -2.06. The number of aryl methyl sites for hydroxylation is 3. The van der Waals surface area contributed by atoms with Gasteiger partial charge in [-0.25, -0.2) is 4.39 Å². The van der Waals surface area contributed by atoms with Gasteiger partial charge in [0.25, 0.3) is 0 Å². The number of carbonyl (C=O) groups excluding carboxylic acids is 1. The molecular formula is C18H19FO2. The highest BCUT2D eigenvalue weighted by atomic mass is 19.1. The van der Waals surface area contributed by atoms with Gasteiger partial charge in [-0.2, -0.15) is 0 Å². The molecule has 0 aliphatic rings. The van der Waals surface area contributed by atoms with Gasteiger partial charge in [-0.15, -0.1) is 0 Å². The van der Waals surface area contributed by atoms with Crippen LogP contribution in [0.15, 0.2) is 36.4 Å². The lowest BCUT2D eigenvalue weighted by Gasteiger charge is -2.09. The Morgan fingerprint density at radius 3 is 2.19 bits per heavy atom. The van der Waals surface area contributed by atoms with E-state index in [0.717, 1.165) is 11.3 Å². The van der Waals surface area contributed by atoms with E-state index in [2.05, 4.69) is 0 Å². The molecule has 0 atom stereocenters. The fourth-order valence-electron chi connectivity index (χ4n) is 2.53. The maximum absolute atomic E-state index is 13.3. The highest BCUT2D eigenvalue weighted by molar-refractivity contribution is 5.98. The van der Waals surface area contributed by atoms with Gasteiger partial charge >= 0.3 is 0 Å². The van der Waals surface area contributed by atoms with Crippen molar-refractivity contribution in [3.05, 3.63) is 64.5 Å². The van der Waals surface area contributed by atoms with Crippen LogP contribution in [0.4, 0.5) is 4.39 Å². The summed E-state index contributed by atoms with van der Waals surface area (Å²) in [6.07, 6.45) is 1.08. The molecule has 2 nitrogen and oxygen atoms in total. The normalized spacial score (nSPS) is 10.5. The summed E-state index contributed by atoms with van der Waals surface area (Å²) in [5, 5.41) is 0. The largest absolute Gasteiger partial charge is 0.497 e. The Kier molecular flexibility index (Phi) is 4.73. The van der Waals surface area contributed by atoms with Crippen molar-refractivity contribution >= 4 is 5.78 Å². The minimum Gasteiger partial charge on any atom is -0.497 e. The molecule has 0 saturated heterocycles. The molecule has 0 N–H and O–H groups in total. The van der Waals surface area contributed by atoms with Crippen molar-refractivity contribution in [1.82, 2.24) is 0 Å². The number of carbonyl (C=O) groups is 1. The fourth-order valence-corrected chi connectivity index (χ4v) is 2.53. The molecule has 0 spiro atoms. The van der Waals surface area contributed by atoms with Crippen LogP contribution in [0.2, 0.25) is 0 Å². The summed E-state index contributed by atoms with van der Waals surface area (Å²) >= 11 is 0. The molecule has 0 aliphatic heterocycles. The van der Waals surface area contributed by atoms with Gasteiger partial charge < -0.3 is 4.74 Å². The molecule has 0 fully saturated rings. The fraction of sp³-hybridized carbons (Fsp3) is 0.278. The minimum absolute atomic E-state index is 0.0563. The van der Waals surface area contributed by atoms with Gasteiger partial charge in [0.05, 0.1) is 7.11 Å². The highest BCUT2D eigenvalue weighted by Gasteiger charge is 2.13. The van der Waals surface area contributed by atoms with E-state index < -0.39 is 0 Å². The number of Topliss-reactive ketones (excluding diaryl/α,β-unsaturated/α-hetero) is 1. The van der Waals surface area contributed by atoms with E-state index in [4.69, 9.17) is 4.74 Å². The monoisotopic (exact) mass is 286 g/mol. The second kappa shape index (κ2) is 6.53. The van der Waals surface area contributed by atoms with Crippen LogP contribution >= 0.6 is 0 Å². The molecule has 0 bridgehead atoms. The summed E-state index contributed by atoms with van der Waals surface area (Å²) in [5.74, 6) is 0.563. The molecule has 0 saturated carbocycles. The van der Waals surface area contributed by atoms with Gasteiger partial charge in [-0.3, -0.25) is 4.79 Å². The first-order valence-corrected chi connectivity index (χ1v) is 6.94. The summed E-state index contributed by atoms with van der Waals surface area (Å²) in [5.41, 5.74) is 3.13. The molecule has 0 amide bonds. The lowest BCUT2D eigenvalue weighted by molar-refractivity contribution is 0.0981. The first kappa shape index (κ1) is 15.2. The zero-order valence-electron chi connectivity index (χ0n) is 12.6. The number of benzene rings is 2. The Bertz CT molecular complexity index is 622. The van der Waals surface area contributed by atoms with E-state index >= 15 is 0 Å². The van der Waals surface area contributed by atoms with Crippen molar-refractivity contribution in [3.8, 4) is 5.75 Å². The molecular weight excluding hydrogens is 267 g/mol. The van der Waals surface area contributed by atoms with E-state index in [1.54, 1.807) is 21.0 Å². The average molecular weight is 286 g/mol. The third kappa shape index (κ3) is 3.69. The van der Waals surface area contributed by atoms with Gasteiger partial charge in [0.15, 0.2) is 5.78 Å². The van der Waals surface area contributed by atoms with Crippen molar-refractivity contribution in [3.63, 3.8) is 0 Å². The van der Waals surface area contributed by atoms with Crippen LogP contribution in [0.3, 0.4) is 0 Å². The van der Waals surface area contributed by atoms with E-state index in [1.807, 2.05) is 24.3 Å². The summed E-state index contributed by atoms with van der Waals surface area (Å²) in [4.78, 5) is 12.3. The first-order chi connectivity index (χ1) is 10.0. The number of halogens is 1. The Morgan fingerprint density at radius 2 is 1.67 bits per heavy atom. The first-order valence-electron chi connectivity index (χ1n) is 6.94. The van der Waals surface area contributed by atoms with Crippen molar-refractivity contribution in [2.45, 2.75) is 26.7 Å². The van der Waals surface area contributed by atoms with Crippen LogP contribution in [-0.2, 0) is 6.42 Å². The van der Waals surface area contributed by atoms with Crippen LogP contribution in [0.25, 0.3) is 0 Å². The molecule has 2 rings (SSSR count). The Labute approximate surface area is 124 Å². The van der Waals surface area contributed by atoms with Gasteiger partial charge in [0.1, 0.15) is 11.6 Å². The van der Waals surface area contributed by atoms with Crippen molar-refractivity contribution in [1.29, 1.82) is 0 Å². The predicted octanol–water partition coefficient (Wildman–Crippen LogP) is 4.27. The van der Waals surface area contributed by atoms with E-state index in [0.29, 0.717) is 29.5 Å². The quantitative estimate of drug-likeness (QED) is 0.767. The van der Waals surface area contributed by atoms with Gasteiger partial charge in [-0.1, -0.05) is 12.1 Å². The maximum atomic E-state index is 13.3. The molecule has 110 valence electrons. The maximum Gasteiger partial charge on any atom is 0.163 e. The van der Waals surface area contributed by atoms with E-state index in [9.17, 15) is 9.18 Å². The molecule has 2 aromatic rings. The second-order valence-corrected chi connectivity index (χ2v) is 5.19. The van der Waals surface area contributed by atoms with Crippen molar-refractivity contribution < 1.29 is 13.9 Å². The number of methoxy groups -OCH3 is 1. The predicted molar refractivity (Wildman–Crippen MR) is 81.5 cm³/mol. The van der Waals surface area contributed by atoms with Gasteiger partial charge in [0, 0.05) is 12.0 Å². The Balaban J connectivity index is 2.08. The van der Waals surface area contributed by atoms with Crippen LogP contribution in [0, 0.1) is 19.7 Å². The number of ketones is 1. The number of hydrogen-bond donors (Lipinski definition) is 0. The third-order valence-electron chi connectivity index (χ3n) is 3.58. The SMILES string of the molecule is COc1ccc(CCC(=O)c2c(C)cc(F)cc2C)cc1. The minimum atomic E-state index is -0.295. The lowest BCUT2D eigenvalue weighted by atomic mass is 9.95. The van der Waals surface area contributed by atoms with E-state index in [1.165, 1.54) is 12.1 Å². The highest BCUT2D eigenvalue weighted by Crippen LogP contribution is 2.19. The number of rotatable bonds is 5.